The summed E-state index contributed by atoms with van der Waals surface area (Å²) in [6.07, 6.45) is 4.64. The molecular weight excluding hydrogens is 412 g/mol. The second-order valence-corrected chi connectivity index (χ2v) is 8.11. The van der Waals surface area contributed by atoms with Crippen LogP contribution in [0.3, 0.4) is 0 Å². The quantitative estimate of drug-likeness (QED) is 0.481. The number of carbonyl (C=O) groups excluding carboxylic acids is 2. The smallest absolute Gasteiger partial charge is 0.249 e. The molecule has 0 aliphatic carbocycles. The van der Waals surface area contributed by atoms with Crippen molar-refractivity contribution in [3.63, 3.8) is 0 Å². The maximum absolute atomic E-state index is 13.6. The Morgan fingerprint density at radius 2 is 1.58 bits per heavy atom. The molecule has 2 amide bonds. The molecule has 1 fully saturated rings. The topological polar surface area (TPSA) is 73.5 Å². The van der Waals surface area contributed by atoms with Gasteiger partial charge in [0.25, 0.3) is 0 Å². The first-order valence-corrected chi connectivity index (χ1v) is 12.2. The van der Waals surface area contributed by atoms with Crippen LogP contribution in [0.1, 0.15) is 57.1 Å². The third-order valence-corrected chi connectivity index (χ3v) is 5.92. The fourth-order valence-electron chi connectivity index (χ4n) is 4.33. The molecule has 3 rings (SSSR count). The van der Waals surface area contributed by atoms with E-state index in [2.05, 4.69) is 45.3 Å². The number of benzene rings is 2. The number of nitrogens with zero attached hydrogens (tertiary/aromatic N) is 1. The molecule has 0 unspecified atom stereocenters. The standard InChI is InChI=1S/C25H34N4O2.C2H6/c1-26-20-23(30)27-17-9-4-10-18-29-19-11-16-25(24(31)28-29,21-12-5-2-6-13-21)22-14-7-3-8-15-22;1-2/h2-3,5-8,12-15,26H,4,9-11,16-20H2,1H3,(H,27,30)(H,28,31);1-2H3. The van der Waals surface area contributed by atoms with Crippen LogP contribution in [0.4, 0.5) is 0 Å². The van der Waals surface area contributed by atoms with Gasteiger partial charge in [0.1, 0.15) is 5.41 Å². The summed E-state index contributed by atoms with van der Waals surface area (Å²) in [6.45, 7) is 6.70. The van der Waals surface area contributed by atoms with Gasteiger partial charge >= 0.3 is 0 Å². The minimum absolute atomic E-state index is 0.0282. The van der Waals surface area contributed by atoms with E-state index < -0.39 is 5.41 Å². The second kappa shape index (κ2) is 14.4. The van der Waals surface area contributed by atoms with Gasteiger partial charge in [0, 0.05) is 19.6 Å². The molecule has 0 atom stereocenters. The molecule has 1 saturated heterocycles. The van der Waals surface area contributed by atoms with Gasteiger partial charge in [-0.1, -0.05) is 80.9 Å². The van der Waals surface area contributed by atoms with E-state index in [1.807, 2.05) is 50.2 Å². The Balaban J connectivity index is 0.00000187. The normalized spacial score (nSPS) is 15.5. The summed E-state index contributed by atoms with van der Waals surface area (Å²) in [5, 5.41) is 7.81. The van der Waals surface area contributed by atoms with Crippen molar-refractivity contribution in [3.05, 3.63) is 71.8 Å². The molecule has 6 heteroatoms. The summed E-state index contributed by atoms with van der Waals surface area (Å²) in [5.74, 6) is 0.0715. The molecule has 3 N–H and O–H groups in total. The number of hydrazine groups is 1. The first-order valence-electron chi connectivity index (χ1n) is 12.2. The van der Waals surface area contributed by atoms with E-state index >= 15 is 0 Å². The molecular formula is C27H40N4O2. The van der Waals surface area contributed by atoms with Crippen LogP contribution in [0.15, 0.2) is 60.7 Å². The molecule has 0 saturated carbocycles. The van der Waals surface area contributed by atoms with Crippen molar-refractivity contribution in [2.24, 2.45) is 0 Å². The molecule has 6 nitrogen and oxygen atoms in total. The van der Waals surface area contributed by atoms with Crippen LogP contribution in [0.25, 0.3) is 0 Å². The van der Waals surface area contributed by atoms with Gasteiger partial charge in [-0.2, -0.15) is 0 Å². The van der Waals surface area contributed by atoms with Crippen LogP contribution in [0.2, 0.25) is 0 Å². The van der Waals surface area contributed by atoms with Crippen LogP contribution < -0.4 is 16.1 Å². The Morgan fingerprint density at radius 1 is 0.970 bits per heavy atom. The largest absolute Gasteiger partial charge is 0.355 e. The zero-order valence-electron chi connectivity index (χ0n) is 20.4. The van der Waals surface area contributed by atoms with Crippen molar-refractivity contribution in [2.75, 3.05) is 33.2 Å². The monoisotopic (exact) mass is 452 g/mol. The van der Waals surface area contributed by atoms with Crippen molar-refractivity contribution >= 4 is 11.8 Å². The lowest BCUT2D eigenvalue weighted by Crippen LogP contribution is -2.49. The summed E-state index contributed by atoms with van der Waals surface area (Å²) in [5.41, 5.74) is 4.62. The summed E-state index contributed by atoms with van der Waals surface area (Å²) < 4.78 is 0. The highest BCUT2D eigenvalue weighted by atomic mass is 16.2. The zero-order valence-corrected chi connectivity index (χ0v) is 20.4. The third kappa shape index (κ3) is 7.41. The highest BCUT2D eigenvalue weighted by molar-refractivity contribution is 5.92. The lowest BCUT2D eigenvalue weighted by Gasteiger charge is -2.32. The highest BCUT2D eigenvalue weighted by Gasteiger charge is 2.43. The van der Waals surface area contributed by atoms with E-state index in [4.69, 9.17) is 0 Å². The summed E-state index contributed by atoms with van der Waals surface area (Å²) in [7, 11) is 1.76. The van der Waals surface area contributed by atoms with Gasteiger partial charge < -0.3 is 10.6 Å². The maximum Gasteiger partial charge on any atom is 0.249 e. The fraction of sp³-hybridized carbons (Fsp3) is 0.481. The van der Waals surface area contributed by atoms with Crippen LogP contribution in [0.5, 0.6) is 0 Å². The Hall–Kier alpha value is -2.70. The molecule has 0 radical (unpaired) electrons. The fourth-order valence-corrected chi connectivity index (χ4v) is 4.33. The van der Waals surface area contributed by atoms with Gasteiger partial charge in [-0.15, -0.1) is 0 Å². The SMILES string of the molecule is CC.CNCC(=O)NCCCCCN1CCCC(c2ccccc2)(c2ccccc2)C(=O)N1. The number of rotatable bonds is 10. The predicted molar refractivity (Wildman–Crippen MR) is 135 cm³/mol. The molecule has 2 aromatic rings. The molecule has 0 aromatic heterocycles. The lowest BCUT2D eigenvalue weighted by molar-refractivity contribution is -0.129. The van der Waals surface area contributed by atoms with Crippen molar-refractivity contribution in [1.82, 2.24) is 21.1 Å². The maximum atomic E-state index is 13.6. The van der Waals surface area contributed by atoms with Gasteiger partial charge in [0.05, 0.1) is 6.54 Å². The summed E-state index contributed by atoms with van der Waals surface area (Å²) in [4.78, 5) is 25.1. The van der Waals surface area contributed by atoms with Crippen LogP contribution >= 0.6 is 0 Å². The summed E-state index contributed by atoms with van der Waals surface area (Å²) in [6, 6.07) is 20.2. The highest BCUT2D eigenvalue weighted by Crippen LogP contribution is 2.38. The molecule has 180 valence electrons. The number of amides is 2. The van der Waals surface area contributed by atoms with E-state index in [9.17, 15) is 9.59 Å². The number of nitrogens with one attached hydrogen (secondary N) is 3. The van der Waals surface area contributed by atoms with Crippen molar-refractivity contribution < 1.29 is 9.59 Å². The first-order chi connectivity index (χ1) is 16.2. The van der Waals surface area contributed by atoms with E-state index in [0.29, 0.717) is 13.1 Å². The Labute approximate surface area is 199 Å². The molecule has 2 aromatic carbocycles. The van der Waals surface area contributed by atoms with E-state index in [-0.39, 0.29) is 11.8 Å². The predicted octanol–water partition coefficient (Wildman–Crippen LogP) is 3.63. The van der Waals surface area contributed by atoms with Crippen molar-refractivity contribution in [3.8, 4) is 0 Å². The van der Waals surface area contributed by atoms with Crippen LogP contribution in [0, 0.1) is 0 Å². The minimum Gasteiger partial charge on any atom is -0.355 e. The van der Waals surface area contributed by atoms with E-state index in [1.165, 1.54) is 0 Å². The molecule has 1 aliphatic rings. The van der Waals surface area contributed by atoms with Gasteiger partial charge in [-0.25, -0.2) is 5.01 Å². The van der Waals surface area contributed by atoms with Gasteiger partial charge in [0.2, 0.25) is 11.8 Å². The molecule has 0 bridgehead atoms. The second-order valence-electron chi connectivity index (χ2n) is 8.11. The first kappa shape index (κ1) is 26.6. The van der Waals surface area contributed by atoms with Gasteiger partial charge in [-0.3, -0.25) is 15.0 Å². The summed E-state index contributed by atoms with van der Waals surface area (Å²) >= 11 is 0. The number of unbranched alkanes of at least 4 members (excludes halogenated alkanes) is 2. The average Bonchev–Trinajstić information content (AvgIpc) is 3.03. The molecule has 1 heterocycles. The van der Waals surface area contributed by atoms with Crippen LogP contribution in [-0.2, 0) is 15.0 Å². The van der Waals surface area contributed by atoms with Gasteiger partial charge in [-0.05, 0) is 43.9 Å². The van der Waals surface area contributed by atoms with Crippen molar-refractivity contribution in [2.45, 2.75) is 51.4 Å². The molecule has 1 aliphatic heterocycles. The average molecular weight is 453 g/mol. The number of carbonyl (C=O) groups is 2. The number of hydrogen-bond donors (Lipinski definition) is 3. The Morgan fingerprint density at radius 3 is 2.15 bits per heavy atom. The Bertz CT molecular complexity index is 787. The lowest BCUT2D eigenvalue weighted by atomic mass is 9.71. The number of hydrogen-bond acceptors (Lipinski definition) is 4. The van der Waals surface area contributed by atoms with E-state index in [0.717, 1.165) is 56.3 Å². The van der Waals surface area contributed by atoms with Gasteiger partial charge in [0.15, 0.2) is 0 Å². The Kier molecular flexibility index (Phi) is 11.6. The van der Waals surface area contributed by atoms with E-state index in [1.54, 1.807) is 7.05 Å². The number of likely N-dealkylation sites (N-methyl/N-ethyl adjacent to an activating group) is 1. The third-order valence-electron chi connectivity index (χ3n) is 5.92. The minimum atomic E-state index is -0.672. The molecule has 33 heavy (non-hydrogen) atoms. The van der Waals surface area contributed by atoms with Crippen molar-refractivity contribution in [1.29, 1.82) is 0 Å². The van der Waals surface area contributed by atoms with Crippen LogP contribution in [-0.4, -0.2) is 50.0 Å². The molecule has 0 spiro atoms. The zero-order chi connectivity index (χ0) is 23.9.